The molecule has 1 amide bonds. The Bertz CT molecular complexity index is 1260. The van der Waals surface area contributed by atoms with E-state index in [9.17, 15) is 15.0 Å². The molecular formula is C23H30N8O4. The molecule has 3 aliphatic heterocycles. The van der Waals surface area contributed by atoms with Crippen LogP contribution in [0.5, 0.6) is 0 Å². The van der Waals surface area contributed by atoms with Crippen LogP contribution in [-0.2, 0) is 16.6 Å². The van der Waals surface area contributed by atoms with Crippen molar-refractivity contribution in [3.63, 3.8) is 0 Å². The van der Waals surface area contributed by atoms with Gasteiger partial charge in [-0.3, -0.25) is 9.48 Å². The molecule has 0 radical (unpaired) electrons. The predicted molar refractivity (Wildman–Crippen MR) is 126 cm³/mol. The van der Waals surface area contributed by atoms with E-state index in [0.29, 0.717) is 28.3 Å². The smallest absolute Gasteiger partial charge is 0.252 e. The number of nitrogens with zero attached hydrogens (tertiary/aromatic N) is 6. The minimum Gasteiger partial charge on any atom is -0.387 e. The Kier molecular flexibility index (Phi) is 5.48. The van der Waals surface area contributed by atoms with E-state index in [1.54, 1.807) is 21.6 Å². The Morgan fingerprint density at radius 2 is 2.09 bits per heavy atom. The van der Waals surface area contributed by atoms with Gasteiger partial charge in [-0.05, 0) is 38.3 Å². The maximum Gasteiger partial charge on any atom is 0.252 e. The molecule has 0 bridgehead atoms. The SMILES string of the molecule is Cn1ccc(-c2cn([C@@H]3O[C@H](C(=O)NC4CCN5CCCC5C4)[C@@H](O)[C@H]3O)c3ncnc(N)c23)n1. The van der Waals surface area contributed by atoms with Crippen molar-refractivity contribution in [1.82, 2.24) is 34.5 Å². The molecular weight excluding hydrogens is 452 g/mol. The molecule has 6 rings (SSSR count). The first-order valence-corrected chi connectivity index (χ1v) is 12.1. The average Bonchev–Trinajstić information content (AvgIpc) is 3.61. The number of aryl methyl sites for hydroxylation is 1. The van der Waals surface area contributed by atoms with Crippen molar-refractivity contribution >= 4 is 22.8 Å². The molecule has 12 nitrogen and oxygen atoms in total. The molecule has 3 aliphatic rings. The number of nitrogen functional groups attached to an aromatic ring is 1. The van der Waals surface area contributed by atoms with Gasteiger partial charge >= 0.3 is 0 Å². The van der Waals surface area contributed by atoms with E-state index in [1.165, 1.54) is 12.7 Å². The molecule has 6 atom stereocenters. The molecule has 0 spiro atoms. The van der Waals surface area contributed by atoms with Gasteiger partial charge in [0, 0.05) is 43.6 Å². The zero-order valence-electron chi connectivity index (χ0n) is 19.5. The van der Waals surface area contributed by atoms with Gasteiger partial charge in [-0.1, -0.05) is 0 Å². The lowest BCUT2D eigenvalue weighted by Gasteiger charge is -2.35. The molecule has 12 heteroatoms. The molecule has 3 fully saturated rings. The lowest BCUT2D eigenvalue weighted by molar-refractivity contribution is -0.138. The average molecular weight is 483 g/mol. The van der Waals surface area contributed by atoms with Gasteiger partial charge < -0.3 is 35.5 Å². The number of hydrogen-bond acceptors (Lipinski definition) is 9. The van der Waals surface area contributed by atoms with Crippen molar-refractivity contribution in [3.05, 3.63) is 24.8 Å². The Balaban J connectivity index is 1.26. The standard InChI is InChI=1S/C23H30N8O4/c1-29-7-5-15(28-29)14-10-31(21-16(14)20(24)25-11-26-21)23-18(33)17(32)19(35-23)22(34)27-12-4-8-30-6-2-3-13(30)9-12/h5,7,10-13,17-19,23,32-33H,2-4,6,8-9H2,1H3,(H,27,34)(H2,24,25,26)/t12?,13?,17-,18+,19-,23+/m0/s1. The topological polar surface area (TPSA) is 157 Å². The second-order valence-corrected chi connectivity index (χ2v) is 9.77. The van der Waals surface area contributed by atoms with Gasteiger partial charge in [0.15, 0.2) is 12.3 Å². The molecule has 186 valence electrons. The van der Waals surface area contributed by atoms with Crippen LogP contribution in [0.25, 0.3) is 22.3 Å². The van der Waals surface area contributed by atoms with Crippen LogP contribution >= 0.6 is 0 Å². The summed E-state index contributed by atoms with van der Waals surface area (Å²) in [5.41, 5.74) is 7.91. The zero-order chi connectivity index (χ0) is 24.3. The number of nitrogens with two attached hydrogens (primary N) is 1. The van der Waals surface area contributed by atoms with E-state index in [2.05, 4.69) is 25.3 Å². The highest BCUT2D eigenvalue weighted by atomic mass is 16.6. The molecule has 3 aromatic rings. The minimum absolute atomic E-state index is 0.0320. The van der Waals surface area contributed by atoms with Gasteiger partial charge in [0.1, 0.15) is 30.0 Å². The van der Waals surface area contributed by atoms with Crippen LogP contribution in [0.15, 0.2) is 24.8 Å². The van der Waals surface area contributed by atoms with Crippen molar-refractivity contribution in [2.24, 2.45) is 7.05 Å². The highest BCUT2D eigenvalue weighted by Crippen LogP contribution is 2.38. The van der Waals surface area contributed by atoms with Gasteiger partial charge in [0.05, 0.1) is 11.1 Å². The van der Waals surface area contributed by atoms with E-state index < -0.39 is 30.4 Å². The lowest BCUT2D eigenvalue weighted by Crippen LogP contribution is -2.51. The number of amides is 1. The number of aliphatic hydroxyl groups excluding tert-OH is 2. The Morgan fingerprint density at radius 1 is 1.23 bits per heavy atom. The first kappa shape index (κ1) is 22.4. The highest BCUT2D eigenvalue weighted by molar-refractivity contribution is 5.99. The first-order chi connectivity index (χ1) is 16.9. The van der Waals surface area contributed by atoms with Crippen molar-refractivity contribution in [1.29, 1.82) is 0 Å². The number of aliphatic hydroxyl groups is 2. The fraction of sp³-hybridized carbons (Fsp3) is 0.565. The molecule has 35 heavy (non-hydrogen) atoms. The predicted octanol–water partition coefficient (Wildman–Crippen LogP) is -0.224. The third kappa shape index (κ3) is 3.77. The number of ether oxygens (including phenoxy) is 1. The summed E-state index contributed by atoms with van der Waals surface area (Å²) >= 11 is 0. The largest absolute Gasteiger partial charge is 0.387 e. The van der Waals surface area contributed by atoms with Crippen LogP contribution in [-0.4, -0.2) is 88.8 Å². The first-order valence-electron chi connectivity index (χ1n) is 12.1. The van der Waals surface area contributed by atoms with E-state index in [-0.39, 0.29) is 11.9 Å². The molecule has 0 saturated carbocycles. The fourth-order valence-corrected chi connectivity index (χ4v) is 5.80. The van der Waals surface area contributed by atoms with Crippen LogP contribution in [0.4, 0.5) is 5.82 Å². The summed E-state index contributed by atoms with van der Waals surface area (Å²) in [6, 6.07) is 2.37. The van der Waals surface area contributed by atoms with E-state index >= 15 is 0 Å². The summed E-state index contributed by atoms with van der Waals surface area (Å²) in [6.07, 6.45) is 3.99. The molecule has 0 aromatic carbocycles. The maximum atomic E-state index is 13.1. The van der Waals surface area contributed by atoms with E-state index in [0.717, 1.165) is 32.4 Å². The number of carbonyl (C=O) groups excluding carboxylic acids is 1. The molecule has 6 heterocycles. The Hall–Kier alpha value is -3.06. The summed E-state index contributed by atoms with van der Waals surface area (Å²) in [5.74, 6) is -0.152. The van der Waals surface area contributed by atoms with Crippen LogP contribution in [0.1, 0.15) is 31.9 Å². The molecule has 3 aromatic heterocycles. The summed E-state index contributed by atoms with van der Waals surface area (Å²) in [7, 11) is 1.81. The third-order valence-electron chi connectivity index (χ3n) is 7.57. The number of carbonyl (C=O) groups is 1. The number of nitrogens with one attached hydrogen (secondary N) is 1. The van der Waals surface area contributed by atoms with Crippen molar-refractivity contribution in [3.8, 4) is 11.3 Å². The monoisotopic (exact) mass is 482 g/mol. The van der Waals surface area contributed by atoms with Crippen LogP contribution in [0.2, 0.25) is 0 Å². The van der Waals surface area contributed by atoms with Gasteiger partial charge in [0.25, 0.3) is 5.91 Å². The Morgan fingerprint density at radius 3 is 2.89 bits per heavy atom. The number of hydrogen-bond donors (Lipinski definition) is 4. The van der Waals surface area contributed by atoms with Crippen LogP contribution < -0.4 is 11.1 Å². The lowest BCUT2D eigenvalue weighted by atomic mass is 9.97. The van der Waals surface area contributed by atoms with Crippen molar-refractivity contribution in [2.75, 3.05) is 18.8 Å². The van der Waals surface area contributed by atoms with Gasteiger partial charge in [0.2, 0.25) is 0 Å². The maximum absolute atomic E-state index is 13.1. The Labute approximate surface area is 201 Å². The summed E-state index contributed by atoms with van der Waals surface area (Å²) < 4.78 is 9.24. The normalized spacial score (nSPS) is 31.2. The number of aromatic nitrogens is 5. The molecule has 0 aliphatic carbocycles. The zero-order valence-corrected chi connectivity index (χ0v) is 19.5. The molecule has 2 unspecified atom stereocenters. The van der Waals surface area contributed by atoms with Gasteiger partial charge in [-0.25, -0.2) is 9.97 Å². The third-order valence-corrected chi connectivity index (χ3v) is 7.57. The van der Waals surface area contributed by atoms with Crippen LogP contribution in [0, 0.1) is 0 Å². The van der Waals surface area contributed by atoms with Gasteiger partial charge in [-0.15, -0.1) is 0 Å². The summed E-state index contributed by atoms with van der Waals surface area (Å²) in [4.78, 5) is 24.0. The van der Waals surface area contributed by atoms with Crippen molar-refractivity contribution < 1.29 is 19.7 Å². The summed E-state index contributed by atoms with van der Waals surface area (Å²) in [6.45, 7) is 2.09. The van der Waals surface area contributed by atoms with Crippen LogP contribution in [0.3, 0.4) is 0 Å². The minimum atomic E-state index is -1.39. The quantitative estimate of drug-likeness (QED) is 0.395. The number of fused-ring (bicyclic) bond motifs is 2. The molecule has 5 N–H and O–H groups in total. The van der Waals surface area contributed by atoms with E-state index in [4.69, 9.17) is 10.5 Å². The van der Waals surface area contributed by atoms with Crippen molar-refractivity contribution in [2.45, 2.75) is 62.3 Å². The number of piperidine rings is 1. The number of anilines is 1. The highest BCUT2D eigenvalue weighted by Gasteiger charge is 2.48. The number of rotatable bonds is 4. The second kappa shape index (κ2) is 8.55. The summed E-state index contributed by atoms with van der Waals surface area (Å²) in [5, 5.41) is 29.7. The van der Waals surface area contributed by atoms with Gasteiger partial charge in [-0.2, -0.15) is 5.10 Å². The van der Waals surface area contributed by atoms with E-state index in [1.807, 2.05) is 13.1 Å². The fourth-order valence-electron chi connectivity index (χ4n) is 5.80. The molecule has 3 saturated heterocycles. The second-order valence-electron chi connectivity index (χ2n) is 9.77.